The summed E-state index contributed by atoms with van der Waals surface area (Å²) in [5.41, 5.74) is 0. The zero-order chi connectivity index (χ0) is 7.56. The summed E-state index contributed by atoms with van der Waals surface area (Å²) in [5, 5.41) is 0. The van der Waals surface area contributed by atoms with Crippen LogP contribution in [0.3, 0.4) is 0 Å². The first-order chi connectivity index (χ1) is 4.75. The number of carbonyl (C=O) groups excluding carboxylic acids is 1. The second-order valence-electron chi connectivity index (χ2n) is 2.39. The highest BCUT2D eigenvalue weighted by molar-refractivity contribution is 5.48. The maximum atomic E-state index is 12.0. The van der Waals surface area contributed by atoms with Crippen molar-refractivity contribution in [2.75, 3.05) is 6.54 Å². The van der Waals surface area contributed by atoms with Crippen LogP contribution in [0.1, 0.15) is 12.8 Å². The number of amides is 1. The standard InChI is InChI=1S/C6H9F2NO/c7-6(8)5-2-1-3-9(5)4-10/h4-6H,1-3H2. The SMILES string of the molecule is O=CN1CCCC1C(F)F. The average molecular weight is 149 g/mol. The number of rotatable bonds is 2. The molecule has 1 unspecified atom stereocenters. The van der Waals surface area contributed by atoms with Gasteiger partial charge in [0.15, 0.2) is 0 Å². The number of carbonyl (C=O) groups is 1. The minimum atomic E-state index is -2.38. The lowest BCUT2D eigenvalue weighted by Gasteiger charge is -2.17. The van der Waals surface area contributed by atoms with E-state index in [1.54, 1.807) is 0 Å². The fraction of sp³-hybridized carbons (Fsp3) is 0.833. The van der Waals surface area contributed by atoms with Crippen LogP contribution in [0.2, 0.25) is 0 Å². The Labute approximate surface area is 57.8 Å². The van der Waals surface area contributed by atoms with Gasteiger partial charge in [-0.2, -0.15) is 0 Å². The maximum absolute atomic E-state index is 12.0. The fourth-order valence-electron chi connectivity index (χ4n) is 1.22. The molecule has 0 aromatic heterocycles. The van der Waals surface area contributed by atoms with Gasteiger partial charge in [-0.3, -0.25) is 4.79 Å². The lowest BCUT2D eigenvalue weighted by Crippen LogP contribution is -2.33. The van der Waals surface area contributed by atoms with Crippen molar-refractivity contribution in [1.29, 1.82) is 0 Å². The largest absolute Gasteiger partial charge is 0.337 e. The molecule has 2 nitrogen and oxygen atoms in total. The van der Waals surface area contributed by atoms with E-state index in [0.29, 0.717) is 25.8 Å². The predicted molar refractivity (Wildman–Crippen MR) is 31.8 cm³/mol. The number of nitrogens with zero attached hydrogens (tertiary/aromatic N) is 1. The normalized spacial score (nSPS) is 25.9. The summed E-state index contributed by atoms with van der Waals surface area (Å²) in [4.78, 5) is 11.3. The molecule has 0 bridgehead atoms. The van der Waals surface area contributed by atoms with E-state index in [2.05, 4.69) is 0 Å². The number of hydrogen-bond acceptors (Lipinski definition) is 1. The van der Waals surface area contributed by atoms with Crippen LogP contribution in [-0.4, -0.2) is 30.3 Å². The van der Waals surface area contributed by atoms with E-state index < -0.39 is 12.5 Å². The Bertz CT molecular complexity index is 129. The van der Waals surface area contributed by atoms with Gasteiger partial charge in [-0.05, 0) is 12.8 Å². The van der Waals surface area contributed by atoms with Crippen LogP contribution in [-0.2, 0) is 4.79 Å². The molecule has 58 valence electrons. The van der Waals surface area contributed by atoms with Crippen LogP contribution in [0, 0.1) is 0 Å². The van der Waals surface area contributed by atoms with Crippen LogP contribution in [0.4, 0.5) is 8.78 Å². The number of hydrogen-bond donors (Lipinski definition) is 0. The van der Waals surface area contributed by atoms with Gasteiger partial charge in [-0.1, -0.05) is 0 Å². The van der Waals surface area contributed by atoms with Crippen molar-refractivity contribution in [1.82, 2.24) is 4.90 Å². The summed E-state index contributed by atoms with van der Waals surface area (Å²) in [7, 11) is 0. The predicted octanol–water partition coefficient (Wildman–Crippen LogP) is 0.872. The van der Waals surface area contributed by atoms with Gasteiger partial charge in [0.05, 0.1) is 6.04 Å². The molecule has 0 aromatic carbocycles. The van der Waals surface area contributed by atoms with E-state index in [1.807, 2.05) is 0 Å². The fourth-order valence-corrected chi connectivity index (χ4v) is 1.22. The van der Waals surface area contributed by atoms with Crippen molar-refractivity contribution in [2.24, 2.45) is 0 Å². The summed E-state index contributed by atoms with van der Waals surface area (Å²) in [6, 6.07) is -0.822. The first-order valence-corrected chi connectivity index (χ1v) is 3.25. The van der Waals surface area contributed by atoms with Crippen LogP contribution in [0.25, 0.3) is 0 Å². The van der Waals surface area contributed by atoms with Gasteiger partial charge < -0.3 is 4.90 Å². The molecule has 0 radical (unpaired) electrons. The molecule has 4 heteroatoms. The smallest absolute Gasteiger partial charge is 0.258 e. The third kappa shape index (κ3) is 1.25. The highest BCUT2D eigenvalue weighted by Gasteiger charge is 2.30. The van der Waals surface area contributed by atoms with Gasteiger partial charge in [-0.25, -0.2) is 8.78 Å². The zero-order valence-corrected chi connectivity index (χ0v) is 5.46. The van der Waals surface area contributed by atoms with Gasteiger partial charge in [0, 0.05) is 6.54 Å². The summed E-state index contributed by atoms with van der Waals surface area (Å²) in [5.74, 6) is 0. The summed E-state index contributed by atoms with van der Waals surface area (Å²) < 4.78 is 24.0. The number of alkyl halides is 2. The van der Waals surface area contributed by atoms with Crippen LogP contribution in [0.5, 0.6) is 0 Å². The van der Waals surface area contributed by atoms with Gasteiger partial charge in [0.25, 0.3) is 6.43 Å². The number of halogens is 2. The lowest BCUT2D eigenvalue weighted by atomic mass is 10.2. The molecule has 0 N–H and O–H groups in total. The monoisotopic (exact) mass is 149 g/mol. The highest BCUT2D eigenvalue weighted by Crippen LogP contribution is 2.20. The Balaban J connectivity index is 2.49. The van der Waals surface area contributed by atoms with Crippen LogP contribution < -0.4 is 0 Å². The Kier molecular flexibility index (Phi) is 2.19. The molecule has 0 aliphatic carbocycles. The molecule has 1 aliphatic heterocycles. The Morgan fingerprint density at radius 1 is 1.60 bits per heavy atom. The van der Waals surface area contributed by atoms with E-state index in [9.17, 15) is 13.6 Å². The van der Waals surface area contributed by atoms with E-state index >= 15 is 0 Å². The van der Waals surface area contributed by atoms with Crippen LogP contribution in [0.15, 0.2) is 0 Å². The summed E-state index contributed by atoms with van der Waals surface area (Å²) >= 11 is 0. The van der Waals surface area contributed by atoms with Crippen LogP contribution >= 0.6 is 0 Å². The second-order valence-corrected chi connectivity index (χ2v) is 2.39. The van der Waals surface area contributed by atoms with Crippen molar-refractivity contribution in [3.63, 3.8) is 0 Å². The molecule has 1 amide bonds. The Morgan fingerprint density at radius 3 is 2.70 bits per heavy atom. The topological polar surface area (TPSA) is 20.3 Å². The Morgan fingerprint density at radius 2 is 2.30 bits per heavy atom. The van der Waals surface area contributed by atoms with Crippen molar-refractivity contribution < 1.29 is 13.6 Å². The minimum absolute atomic E-state index is 0.441. The molecule has 0 spiro atoms. The maximum Gasteiger partial charge on any atom is 0.258 e. The lowest BCUT2D eigenvalue weighted by molar-refractivity contribution is -0.121. The van der Waals surface area contributed by atoms with Gasteiger partial charge in [-0.15, -0.1) is 0 Å². The third-order valence-electron chi connectivity index (χ3n) is 1.77. The van der Waals surface area contributed by atoms with Crippen molar-refractivity contribution >= 4 is 6.41 Å². The van der Waals surface area contributed by atoms with Crippen molar-refractivity contribution in [3.05, 3.63) is 0 Å². The molecular formula is C6H9F2NO. The first kappa shape index (κ1) is 7.44. The first-order valence-electron chi connectivity index (χ1n) is 3.25. The van der Waals surface area contributed by atoms with Crippen molar-refractivity contribution in [3.8, 4) is 0 Å². The average Bonchev–Trinajstić information content (AvgIpc) is 2.33. The molecule has 1 heterocycles. The molecular weight excluding hydrogens is 140 g/mol. The molecule has 10 heavy (non-hydrogen) atoms. The minimum Gasteiger partial charge on any atom is -0.337 e. The molecule has 0 aromatic rings. The van der Waals surface area contributed by atoms with E-state index in [4.69, 9.17) is 0 Å². The zero-order valence-electron chi connectivity index (χ0n) is 5.46. The Hall–Kier alpha value is -0.670. The number of likely N-dealkylation sites (tertiary alicyclic amines) is 1. The van der Waals surface area contributed by atoms with E-state index in [0.717, 1.165) is 0 Å². The molecule has 1 rings (SSSR count). The molecule has 0 saturated carbocycles. The van der Waals surface area contributed by atoms with E-state index in [-0.39, 0.29) is 0 Å². The molecule has 1 fully saturated rings. The summed E-state index contributed by atoms with van der Waals surface area (Å²) in [6.07, 6.45) is -0.735. The van der Waals surface area contributed by atoms with Gasteiger partial charge in [0.2, 0.25) is 6.41 Å². The molecule has 1 atom stereocenters. The second kappa shape index (κ2) is 2.94. The third-order valence-corrected chi connectivity index (χ3v) is 1.77. The molecule has 1 aliphatic rings. The van der Waals surface area contributed by atoms with Crippen molar-refractivity contribution in [2.45, 2.75) is 25.3 Å². The van der Waals surface area contributed by atoms with E-state index in [1.165, 1.54) is 4.90 Å². The molecule has 1 saturated heterocycles. The summed E-state index contributed by atoms with van der Waals surface area (Å²) in [6.45, 7) is 0.485. The highest BCUT2D eigenvalue weighted by atomic mass is 19.3. The quantitative estimate of drug-likeness (QED) is 0.533. The van der Waals surface area contributed by atoms with Gasteiger partial charge >= 0.3 is 0 Å². The van der Waals surface area contributed by atoms with Gasteiger partial charge in [0.1, 0.15) is 0 Å².